The molecule has 1 fully saturated rings. The van der Waals surface area contributed by atoms with Crippen LogP contribution >= 0.6 is 0 Å². The smallest absolute Gasteiger partial charge is 0.0240 e. The molecule has 0 aliphatic carbocycles. The summed E-state index contributed by atoms with van der Waals surface area (Å²) in [5.41, 5.74) is 1.45. The lowest BCUT2D eigenvalue weighted by molar-refractivity contribution is 0.285. The average molecular weight is 240 g/mol. The van der Waals surface area contributed by atoms with Crippen LogP contribution in [-0.4, -0.2) is 31.1 Å². The third-order valence-electron chi connectivity index (χ3n) is 3.71. The first kappa shape index (κ1) is 11.7. The van der Waals surface area contributed by atoms with E-state index in [1.807, 2.05) is 0 Å². The van der Waals surface area contributed by atoms with Crippen LogP contribution in [0.25, 0.3) is 10.8 Å². The zero-order valence-corrected chi connectivity index (χ0v) is 10.7. The monoisotopic (exact) mass is 240 g/mol. The first-order valence-corrected chi connectivity index (χ1v) is 6.83. The second-order valence-corrected chi connectivity index (χ2v) is 5.02. The van der Waals surface area contributed by atoms with E-state index in [4.69, 9.17) is 0 Å². The van der Waals surface area contributed by atoms with Gasteiger partial charge in [0.2, 0.25) is 0 Å². The molecular formula is C16H20N2. The molecule has 94 valence electrons. The summed E-state index contributed by atoms with van der Waals surface area (Å²) in [6.07, 6.45) is 1.25. The van der Waals surface area contributed by atoms with Gasteiger partial charge in [-0.05, 0) is 35.8 Å². The van der Waals surface area contributed by atoms with E-state index in [1.54, 1.807) is 0 Å². The van der Waals surface area contributed by atoms with Crippen molar-refractivity contribution in [1.82, 2.24) is 10.2 Å². The summed E-state index contributed by atoms with van der Waals surface area (Å²) < 4.78 is 0. The van der Waals surface area contributed by atoms with Gasteiger partial charge in [0.15, 0.2) is 0 Å². The van der Waals surface area contributed by atoms with Gasteiger partial charge in [-0.1, -0.05) is 42.5 Å². The Morgan fingerprint density at radius 3 is 2.83 bits per heavy atom. The van der Waals surface area contributed by atoms with Crippen molar-refractivity contribution in [3.05, 3.63) is 48.0 Å². The van der Waals surface area contributed by atoms with Crippen LogP contribution in [0, 0.1) is 0 Å². The number of rotatable bonds is 2. The first-order chi connectivity index (χ1) is 8.93. The Labute approximate surface area is 109 Å². The highest BCUT2D eigenvalue weighted by molar-refractivity contribution is 5.85. The van der Waals surface area contributed by atoms with Crippen LogP contribution < -0.4 is 5.32 Å². The lowest BCUT2D eigenvalue weighted by Gasteiger charge is -2.20. The molecule has 18 heavy (non-hydrogen) atoms. The van der Waals surface area contributed by atoms with Gasteiger partial charge in [0.05, 0.1) is 0 Å². The molecule has 0 spiro atoms. The van der Waals surface area contributed by atoms with Crippen molar-refractivity contribution >= 4 is 10.8 Å². The molecular weight excluding hydrogens is 220 g/mol. The van der Waals surface area contributed by atoms with Crippen molar-refractivity contribution in [2.45, 2.75) is 13.0 Å². The third-order valence-corrected chi connectivity index (χ3v) is 3.71. The van der Waals surface area contributed by atoms with Crippen LogP contribution in [0.5, 0.6) is 0 Å². The molecule has 0 amide bonds. The van der Waals surface area contributed by atoms with Crippen molar-refractivity contribution in [1.29, 1.82) is 0 Å². The second kappa shape index (κ2) is 5.51. The fourth-order valence-electron chi connectivity index (χ4n) is 2.73. The predicted octanol–water partition coefficient (Wildman–Crippen LogP) is 2.64. The number of nitrogens with one attached hydrogen (secondary N) is 1. The highest BCUT2D eigenvalue weighted by Gasteiger charge is 2.10. The summed E-state index contributed by atoms with van der Waals surface area (Å²) in [6, 6.07) is 15.3. The molecule has 1 heterocycles. The molecule has 3 rings (SSSR count). The molecule has 0 aromatic heterocycles. The molecule has 0 saturated carbocycles. The first-order valence-electron chi connectivity index (χ1n) is 6.83. The molecule has 0 radical (unpaired) electrons. The molecule has 0 unspecified atom stereocenters. The van der Waals surface area contributed by atoms with Gasteiger partial charge in [0.1, 0.15) is 0 Å². The van der Waals surface area contributed by atoms with Crippen LogP contribution in [0.1, 0.15) is 12.0 Å². The molecule has 1 N–H and O–H groups in total. The van der Waals surface area contributed by atoms with Crippen molar-refractivity contribution in [3.8, 4) is 0 Å². The molecule has 0 bridgehead atoms. The Kier molecular flexibility index (Phi) is 3.58. The van der Waals surface area contributed by atoms with E-state index in [0.717, 1.165) is 26.2 Å². The SMILES string of the molecule is c1ccc2c(CN3CCCNCC3)cccc2c1. The quantitative estimate of drug-likeness (QED) is 0.868. The maximum absolute atomic E-state index is 3.46. The van der Waals surface area contributed by atoms with Gasteiger partial charge in [0.25, 0.3) is 0 Å². The molecule has 2 heteroatoms. The molecule has 2 nitrogen and oxygen atoms in total. The lowest BCUT2D eigenvalue weighted by atomic mass is 10.0. The number of hydrogen-bond donors (Lipinski definition) is 1. The van der Waals surface area contributed by atoms with Crippen LogP contribution in [0.4, 0.5) is 0 Å². The molecule has 1 saturated heterocycles. The standard InChI is InChI=1S/C16H20N2/c1-2-8-16-14(5-1)6-3-7-15(16)13-18-11-4-9-17-10-12-18/h1-3,5-8,17H,4,9-13H2. The Balaban J connectivity index is 1.85. The normalized spacial score (nSPS) is 17.8. The predicted molar refractivity (Wildman–Crippen MR) is 76.7 cm³/mol. The minimum atomic E-state index is 1.07. The Bertz CT molecular complexity index is 508. The molecule has 2 aromatic carbocycles. The van der Waals surface area contributed by atoms with Crippen molar-refractivity contribution in [3.63, 3.8) is 0 Å². The molecule has 1 aliphatic heterocycles. The van der Waals surface area contributed by atoms with E-state index < -0.39 is 0 Å². The van der Waals surface area contributed by atoms with Gasteiger partial charge >= 0.3 is 0 Å². The molecule has 0 atom stereocenters. The van der Waals surface area contributed by atoms with E-state index >= 15 is 0 Å². The van der Waals surface area contributed by atoms with E-state index in [-0.39, 0.29) is 0 Å². The van der Waals surface area contributed by atoms with Crippen LogP contribution in [0.3, 0.4) is 0 Å². The van der Waals surface area contributed by atoms with E-state index in [9.17, 15) is 0 Å². The van der Waals surface area contributed by atoms with Gasteiger partial charge in [-0.3, -0.25) is 4.90 Å². The van der Waals surface area contributed by atoms with Gasteiger partial charge in [-0.15, -0.1) is 0 Å². The highest BCUT2D eigenvalue weighted by atomic mass is 15.1. The van der Waals surface area contributed by atoms with E-state index in [1.165, 1.54) is 29.3 Å². The number of fused-ring (bicyclic) bond motifs is 1. The highest BCUT2D eigenvalue weighted by Crippen LogP contribution is 2.20. The lowest BCUT2D eigenvalue weighted by Crippen LogP contribution is -2.27. The third kappa shape index (κ3) is 2.55. The summed E-state index contributed by atoms with van der Waals surface area (Å²) in [6.45, 7) is 5.71. The van der Waals surface area contributed by atoms with E-state index in [2.05, 4.69) is 52.7 Å². The van der Waals surface area contributed by atoms with Gasteiger partial charge in [-0.25, -0.2) is 0 Å². The minimum Gasteiger partial charge on any atom is -0.315 e. The second-order valence-electron chi connectivity index (χ2n) is 5.02. The van der Waals surface area contributed by atoms with Crippen LogP contribution in [0.2, 0.25) is 0 Å². The number of nitrogens with zero attached hydrogens (tertiary/aromatic N) is 1. The van der Waals surface area contributed by atoms with Gasteiger partial charge in [0, 0.05) is 19.6 Å². The Hall–Kier alpha value is -1.38. The number of benzene rings is 2. The topological polar surface area (TPSA) is 15.3 Å². The Morgan fingerprint density at radius 1 is 0.944 bits per heavy atom. The number of hydrogen-bond acceptors (Lipinski definition) is 2. The summed E-state index contributed by atoms with van der Waals surface area (Å²) in [5, 5.41) is 6.21. The fourth-order valence-corrected chi connectivity index (χ4v) is 2.73. The minimum absolute atomic E-state index is 1.07. The zero-order chi connectivity index (χ0) is 12.2. The van der Waals surface area contributed by atoms with Crippen molar-refractivity contribution in [2.75, 3.05) is 26.2 Å². The maximum atomic E-state index is 3.46. The van der Waals surface area contributed by atoms with E-state index in [0.29, 0.717) is 0 Å². The largest absolute Gasteiger partial charge is 0.315 e. The Morgan fingerprint density at radius 2 is 1.83 bits per heavy atom. The van der Waals surface area contributed by atoms with Crippen molar-refractivity contribution in [2.24, 2.45) is 0 Å². The molecule has 2 aromatic rings. The summed E-state index contributed by atoms with van der Waals surface area (Å²) in [7, 11) is 0. The van der Waals surface area contributed by atoms with Crippen molar-refractivity contribution < 1.29 is 0 Å². The van der Waals surface area contributed by atoms with Crippen LogP contribution in [0.15, 0.2) is 42.5 Å². The summed E-state index contributed by atoms with van der Waals surface area (Å²) in [4.78, 5) is 2.56. The van der Waals surface area contributed by atoms with Crippen LogP contribution in [-0.2, 0) is 6.54 Å². The van der Waals surface area contributed by atoms with Gasteiger partial charge < -0.3 is 5.32 Å². The maximum Gasteiger partial charge on any atom is 0.0240 e. The summed E-state index contributed by atoms with van der Waals surface area (Å²) in [5.74, 6) is 0. The summed E-state index contributed by atoms with van der Waals surface area (Å²) >= 11 is 0. The average Bonchev–Trinajstić information content (AvgIpc) is 2.68. The molecule has 1 aliphatic rings. The van der Waals surface area contributed by atoms with Gasteiger partial charge in [-0.2, -0.15) is 0 Å². The zero-order valence-electron chi connectivity index (χ0n) is 10.7. The fraction of sp³-hybridized carbons (Fsp3) is 0.375.